The monoisotopic (exact) mass is 302 g/mol. The number of carbonyl (C=O) groups excluding carboxylic acids is 1. The van der Waals surface area contributed by atoms with Gasteiger partial charge in [-0.3, -0.25) is 4.79 Å². The van der Waals surface area contributed by atoms with Crippen molar-refractivity contribution in [3.63, 3.8) is 0 Å². The second-order valence-corrected chi connectivity index (χ2v) is 5.05. The summed E-state index contributed by atoms with van der Waals surface area (Å²) < 4.78 is 5.87. The minimum absolute atomic E-state index is 0.0883. The van der Waals surface area contributed by atoms with Gasteiger partial charge in [0.15, 0.2) is 0 Å². The van der Waals surface area contributed by atoms with Crippen LogP contribution in [0.4, 0.5) is 0 Å². The van der Waals surface area contributed by atoms with Gasteiger partial charge in [-0.1, -0.05) is 13.0 Å². The van der Waals surface area contributed by atoms with Gasteiger partial charge >= 0.3 is 0 Å². The zero-order valence-corrected chi connectivity index (χ0v) is 13.2. The van der Waals surface area contributed by atoms with Gasteiger partial charge in [0.2, 0.25) is 11.8 Å². The molecule has 0 saturated heterocycles. The highest BCUT2D eigenvalue weighted by molar-refractivity contribution is 5.88. The Morgan fingerprint density at radius 1 is 1.45 bits per heavy atom. The third-order valence-electron chi connectivity index (χ3n) is 3.36. The molecule has 2 N–H and O–H groups in total. The number of nitrogens with one attached hydrogen (secondary N) is 2. The molecular formula is C16H22N4O2. The van der Waals surface area contributed by atoms with E-state index in [2.05, 4.69) is 27.2 Å². The molecule has 0 radical (unpaired) electrons. The van der Waals surface area contributed by atoms with Crippen molar-refractivity contribution in [2.75, 3.05) is 6.54 Å². The van der Waals surface area contributed by atoms with Gasteiger partial charge < -0.3 is 15.0 Å². The molecule has 2 heterocycles. The molecule has 1 amide bonds. The summed E-state index contributed by atoms with van der Waals surface area (Å²) in [5.74, 6) is 0.497. The molecule has 1 unspecified atom stereocenters. The summed E-state index contributed by atoms with van der Waals surface area (Å²) in [6.07, 6.45) is 8.35. The van der Waals surface area contributed by atoms with Crippen LogP contribution < -0.4 is 10.1 Å². The number of ether oxygens (including phenoxy) is 1. The highest BCUT2D eigenvalue weighted by Gasteiger charge is 2.13. The van der Waals surface area contributed by atoms with Gasteiger partial charge in [-0.05, 0) is 38.3 Å². The molecule has 2 aromatic rings. The molecule has 2 aromatic heterocycles. The molecule has 118 valence electrons. The number of hydrogen-bond donors (Lipinski definition) is 2. The minimum Gasteiger partial charge on any atom is -0.474 e. The van der Waals surface area contributed by atoms with Crippen molar-refractivity contribution in [1.82, 2.24) is 20.3 Å². The summed E-state index contributed by atoms with van der Waals surface area (Å²) in [5.41, 5.74) is 1.75. The predicted octanol–water partition coefficient (Wildman–Crippen LogP) is 2.37. The normalized spacial score (nSPS) is 12.7. The predicted molar refractivity (Wildman–Crippen MR) is 85.8 cm³/mol. The molecule has 1 atom stereocenters. The quantitative estimate of drug-likeness (QED) is 0.770. The fourth-order valence-electron chi connectivity index (χ4n) is 2.05. The van der Waals surface area contributed by atoms with E-state index in [-0.39, 0.29) is 12.0 Å². The molecule has 0 saturated carbocycles. The smallest absolute Gasteiger partial charge is 0.243 e. The zero-order valence-electron chi connectivity index (χ0n) is 13.2. The molecule has 0 aliphatic heterocycles. The van der Waals surface area contributed by atoms with Gasteiger partial charge in [0.25, 0.3) is 0 Å². The second-order valence-electron chi connectivity index (χ2n) is 5.05. The molecule has 0 aliphatic rings. The second kappa shape index (κ2) is 7.59. The van der Waals surface area contributed by atoms with E-state index >= 15 is 0 Å². The topological polar surface area (TPSA) is 79.9 Å². The van der Waals surface area contributed by atoms with Gasteiger partial charge in [-0.25, -0.2) is 9.97 Å². The maximum atomic E-state index is 11.4. The summed E-state index contributed by atoms with van der Waals surface area (Å²) >= 11 is 0. The molecule has 2 rings (SSSR count). The standard InChI is InChI=1S/C16H22N4O2/c1-4-11(3)22-16-14-12(7-6-8-13(21)17-5-2)9-18-15(14)19-10-20-16/h6,8-11H,4-5,7H2,1-3H3,(H,17,21)(H,18,19,20)/b8-6+. The average molecular weight is 302 g/mol. The molecular weight excluding hydrogens is 280 g/mol. The van der Waals surface area contributed by atoms with Crippen LogP contribution in [0.15, 0.2) is 24.7 Å². The number of likely N-dealkylation sites (N-methyl/N-ethyl adjacent to an activating group) is 1. The van der Waals surface area contributed by atoms with E-state index in [0.29, 0.717) is 18.8 Å². The lowest BCUT2D eigenvalue weighted by Crippen LogP contribution is -2.19. The molecule has 0 aromatic carbocycles. The Morgan fingerprint density at radius 2 is 2.27 bits per heavy atom. The fourth-order valence-corrected chi connectivity index (χ4v) is 2.05. The lowest BCUT2D eigenvalue weighted by molar-refractivity contribution is -0.116. The largest absolute Gasteiger partial charge is 0.474 e. The van der Waals surface area contributed by atoms with E-state index in [1.54, 1.807) is 6.08 Å². The fraction of sp³-hybridized carbons (Fsp3) is 0.438. The van der Waals surface area contributed by atoms with Crippen LogP contribution in [0.2, 0.25) is 0 Å². The highest BCUT2D eigenvalue weighted by Crippen LogP contribution is 2.26. The number of aromatic nitrogens is 3. The third kappa shape index (κ3) is 3.84. The lowest BCUT2D eigenvalue weighted by Gasteiger charge is -2.12. The number of rotatable bonds is 7. The molecule has 0 spiro atoms. The van der Waals surface area contributed by atoms with Crippen LogP contribution in [0, 0.1) is 0 Å². The SMILES string of the molecule is CCNC(=O)/C=C/Cc1c[nH]c2ncnc(OC(C)CC)c12. The number of nitrogens with zero attached hydrogens (tertiary/aromatic N) is 2. The molecule has 0 aliphatic carbocycles. The van der Waals surface area contributed by atoms with Crippen molar-refractivity contribution >= 4 is 16.9 Å². The lowest BCUT2D eigenvalue weighted by atomic mass is 10.1. The number of fused-ring (bicyclic) bond motifs is 1. The van der Waals surface area contributed by atoms with Crippen molar-refractivity contribution in [2.45, 2.75) is 39.7 Å². The number of amides is 1. The summed E-state index contributed by atoms with van der Waals surface area (Å²) in [6, 6.07) is 0. The third-order valence-corrected chi connectivity index (χ3v) is 3.36. The number of H-pyrrole nitrogens is 1. The van der Waals surface area contributed by atoms with E-state index in [1.165, 1.54) is 6.33 Å². The first-order valence-corrected chi connectivity index (χ1v) is 7.57. The number of aromatic amines is 1. The summed E-state index contributed by atoms with van der Waals surface area (Å²) in [4.78, 5) is 23.0. The van der Waals surface area contributed by atoms with E-state index in [4.69, 9.17) is 4.74 Å². The number of carbonyl (C=O) groups is 1. The van der Waals surface area contributed by atoms with Crippen molar-refractivity contribution in [2.24, 2.45) is 0 Å². The van der Waals surface area contributed by atoms with Gasteiger partial charge in [0, 0.05) is 12.7 Å². The Kier molecular flexibility index (Phi) is 5.52. The van der Waals surface area contributed by atoms with E-state index < -0.39 is 0 Å². The van der Waals surface area contributed by atoms with Crippen molar-refractivity contribution in [3.05, 3.63) is 30.2 Å². The number of allylic oxidation sites excluding steroid dienone is 1. The highest BCUT2D eigenvalue weighted by atomic mass is 16.5. The Labute approximate surface area is 130 Å². The Morgan fingerprint density at radius 3 is 3.00 bits per heavy atom. The van der Waals surface area contributed by atoms with Crippen LogP contribution in [0.5, 0.6) is 5.88 Å². The van der Waals surface area contributed by atoms with Crippen molar-refractivity contribution in [3.8, 4) is 5.88 Å². The van der Waals surface area contributed by atoms with E-state index in [9.17, 15) is 4.79 Å². The van der Waals surface area contributed by atoms with Crippen LogP contribution in [-0.4, -0.2) is 33.5 Å². The van der Waals surface area contributed by atoms with Crippen molar-refractivity contribution in [1.29, 1.82) is 0 Å². The van der Waals surface area contributed by atoms with Crippen LogP contribution in [0.1, 0.15) is 32.8 Å². The summed E-state index contributed by atoms with van der Waals surface area (Å²) in [7, 11) is 0. The maximum Gasteiger partial charge on any atom is 0.243 e. The molecule has 22 heavy (non-hydrogen) atoms. The molecule has 0 bridgehead atoms. The van der Waals surface area contributed by atoms with Gasteiger partial charge in [-0.2, -0.15) is 0 Å². The Bertz CT molecular complexity index is 663. The van der Waals surface area contributed by atoms with E-state index in [0.717, 1.165) is 23.0 Å². The molecule has 6 nitrogen and oxygen atoms in total. The minimum atomic E-state index is -0.0883. The number of hydrogen-bond acceptors (Lipinski definition) is 4. The van der Waals surface area contributed by atoms with E-state index in [1.807, 2.05) is 26.1 Å². The van der Waals surface area contributed by atoms with Crippen LogP contribution in [-0.2, 0) is 11.2 Å². The van der Waals surface area contributed by atoms with Crippen molar-refractivity contribution < 1.29 is 9.53 Å². The first kappa shape index (κ1) is 16.0. The summed E-state index contributed by atoms with van der Waals surface area (Å²) in [5, 5.41) is 3.60. The molecule has 0 fully saturated rings. The van der Waals surface area contributed by atoms with Crippen LogP contribution in [0.3, 0.4) is 0 Å². The molecule has 6 heteroatoms. The van der Waals surface area contributed by atoms with Gasteiger partial charge in [0.1, 0.15) is 12.0 Å². The average Bonchev–Trinajstić information content (AvgIpc) is 2.92. The van der Waals surface area contributed by atoms with Gasteiger partial charge in [0.05, 0.1) is 11.5 Å². The maximum absolute atomic E-state index is 11.4. The van der Waals surface area contributed by atoms with Crippen LogP contribution >= 0.6 is 0 Å². The van der Waals surface area contributed by atoms with Gasteiger partial charge in [-0.15, -0.1) is 0 Å². The first-order valence-electron chi connectivity index (χ1n) is 7.57. The first-order chi connectivity index (χ1) is 10.7. The Hall–Kier alpha value is -2.37. The van der Waals surface area contributed by atoms with Crippen LogP contribution in [0.25, 0.3) is 11.0 Å². The zero-order chi connectivity index (χ0) is 15.9. The summed E-state index contributed by atoms with van der Waals surface area (Å²) in [6.45, 7) is 6.59. The Balaban J connectivity index is 2.21.